The van der Waals surface area contributed by atoms with Crippen LogP contribution >= 0.6 is 0 Å². The molecule has 0 aromatic carbocycles. The molecule has 168 valence electrons. The zero-order valence-corrected chi connectivity index (χ0v) is 19.3. The fraction of sp³-hybridized carbons (Fsp3) is 0.947. The van der Waals surface area contributed by atoms with Crippen molar-refractivity contribution < 1.29 is 31.1 Å². The van der Waals surface area contributed by atoms with Crippen molar-refractivity contribution in [1.82, 2.24) is 0 Å². The summed E-state index contributed by atoms with van der Waals surface area (Å²) in [5, 5.41) is 0. The number of carbonyl (C=O) groups excluding carboxylic acids is 1. The second kappa shape index (κ2) is 15.2. The number of esters is 1. The van der Waals surface area contributed by atoms with Gasteiger partial charge in [0.25, 0.3) is 0 Å². The predicted octanol–water partition coefficient (Wildman–Crippen LogP) is 2.92. The summed E-state index contributed by atoms with van der Waals surface area (Å²) in [4.78, 5) is 11.2. The summed E-state index contributed by atoms with van der Waals surface area (Å²) in [6.45, 7) is 5.16. The normalized spacial score (nSPS) is 13.4. The van der Waals surface area contributed by atoms with E-state index in [0.29, 0.717) is 12.8 Å². The molecule has 0 saturated carbocycles. The van der Waals surface area contributed by atoms with Crippen molar-refractivity contribution in [3.63, 3.8) is 0 Å². The maximum Gasteiger partial charge on any atom is 0.303 e. The Morgan fingerprint density at radius 3 is 1.82 bits per heavy atom. The Hall–Kier alpha value is -0.670. The monoisotopic (exact) mass is 442 g/mol. The topological polar surface area (TPSA) is 104 Å². The van der Waals surface area contributed by atoms with Gasteiger partial charge in [0.1, 0.15) is 6.10 Å². The van der Waals surface area contributed by atoms with Crippen LogP contribution in [0.1, 0.15) is 72.1 Å². The summed E-state index contributed by atoms with van der Waals surface area (Å²) in [6.07, 6.45) is 6.11. The standard InChI is InChI=1S/C19H38O7S2/c1-4-6-8-10-13-27(21,22)15-12-25-16-19(26-18(3)20)17-28(23,24)14-11-9-7-5-2/h19H,4-17H2,1-3H3. The number of rotatable bonds is 18. The highest BCUT2D eigenvalue weighted by atomic mass is 32.2. The highest BCUT2D eigenvalue weighted by molar-refractivity contribution is 7.91. The lowest BCUT2D eigenvalue weighted by Crippen LogP contribution is -2.32. The molecule has 0 aliphatic carbocycles. The Balaban J connectivity index is 4.36. The third-order valence-electron chi connectivity index (χ3n) is 4.23. The first-order valence-corrected chi connectivity index (χ1v) is 13.9. The fourth-order valence-corrected chi connectivity index (χ4v) is 5.48. The molecule has 0 fully saturated rings. The smallest absolute Gasteiger partial charge is 0.303 e. The molecule has 0 rings (SSSR count). The molecule has 0 saturated heterocycles. The molecule has 7 nitrogen and oxygen atoms in total. The number of carbonyl (C=O) groups is 1. The van der Waals surface area contributed by atoms with E-state index >= 15 is 0 Å². The van der Waals surface area contributed by atoms with Crippen LogP contribution in [-0.2, 0) is 33.9 Å². The first-order valence-electron chi connectivity index (χ1n) is 10.3. The van der Waals surface area contributed by atoms with E-state index in [1.165, 1.54) is 6.92 Å². The van der Waals surface area contributed by atoms with Crippen LogP contribution in [0, 0.1) is 0 Å². The van der Waals surface area contributed by atoms with E-state index in [-0.39, 0.29) is 36.2 Å². The zero-order chi connectivity index (χ0) is 21.5. The Morgan fingerprint density at radius 2 is 1.32 bits per heavy atom. The lowest BCUT2D eigenvalue weighted by atomic mass is 10.2. The van der Waals surface area contributed by atoms with E-state index in [0.717, 1.165) is 38.5 Å². The Labute approximate surface area is 171 Å². The second-order valence-electron chi connectivity index (χ2n) is 7.19. The third kappa shape index (κ3) is 16.3. The molecule has 1 unspecified atom stereocenters. The molecule has 0 aromatic rings. The minimum Gasteiger partial charge on any atom is -0.459 e. The quantitative estimate of drug-likeness (QED) is 0.237. The molecule has 0 N–H and O–H groups in total. The molecule has 0 aliphatic rings. The number of hydrogen-bond donors (Lipinski definition) is 0. The molecule has 28 heavy (non-hydrogen) atoms. The Kier molecular flexibility index (Phi) is 14.8. The molecule has 0 amide bonds. The minimum absolute atomic E-state index is 0.0373. The lowest BCUT2D eigenvalue weighted by Gasteiger charge is -2.17. The van der Waals surface area contributed by atoms with Crippen LogP contribution in [0.15, 0.2) is 0 Å². The zero-order valence-electron chi connectivity index (χ0n) is 17.7. The van der Waals surface area contributed by atoms with E-state index < -0.39 is 31.7 Å². The summed E-state index contributed by atoms with van der Waals surface area (Å²) in [6, 6.07) is 0. The molecule has 0 heterocycles. The van der Waals surface area contributed by atoms with Crippen molar-refractivity contribution in [1.29, 1.82) is 0 Å². The van der Waals surface area contributed by atoms with Gasteiger partial charge in [-0.2, -0.15) is 0 Å². The van der Waals surface area contributed by atoms with Gasteiger partial charge in [-0.1, -0.05) is 52.4 Å². The fourth-order valence-electron chi connectivity index (χ4n) is 2.72. The van der Waals surface area contributed by atoms with Crippen LogP contribution in [0.3, 0.4) is 0 Å². The van der Waals surface area contributed by atoms with E-state index in [1.807, 2.05) is 6.92 Å². The SMILES string of the molecule is CCCCCCS(=O)(=O)CCOCC(CS(=O)(=O)CCCCCC)OC(C)=O. The van der Waals surface area contributed by atoms with E-state index in [4.69, 9.17) is 9.47 Å². The predicted molar refractivity (Wildman–Crippen MR) is 112 cm³/mol. The summed E-state index contributed by atoms with van der Waals surface area (Å²) in [5.74, 6) is -0.816. The first-order chi connectivity index (χ1) is 13.1. The molecule has 0 aliphatic heterocycles. The molecule has 0 spiro atoms. The van der Waals surface area contributed by atoms with Gasteiger partial charge in [0.05, 0.1) is 36.2 Å². The van der Waals surface area contributed by atoms with Crippen LogP contribution in [0.2, 0.25) is 0 Å². The Morgan fingerprint density at radius 1 is 0.786 bits per heavy atom. The molecular formula is C19H38O7S2. The van der Waals surface area contributed by atoms with Gasteiger partial charge >= 0.3 is 5.97 Å². The van der Waals surface area contributed by atoms with Gasteiger partial charge in [-0.3, -0.25) is 4.79 Å². The van der Waals surface area contributed by atoms with E-state index in [1.54, 1.807) is 0 Å². The summed E-state index contributed by atoms with van der Waals surface area (Å²) < 4.78 is 58.7. The first kappa shape index (κ1) is 27.3. The van der Waals surface area contributed by atoms with Crippen LogP contribution in [0.25, 0.3) is 0 Å². The molecule has 9 heteroatoms. The van der Waals surface area contributed by atoms with Crippen LogP contribution in [0.4, 0.5) is 0 Å². The third-order valence-corrected chi connectivity index (χ3v) is 7.72. The van der Waals surface area contributed by atoms with Gasteiger partial charge in [-0.05, 0) is 12.8 Å². The summed E-state index contributed by atoms with van der Waals surface area (Å²) in [7, 11) is -6.55. The van der Waals surface area contributed by atoms with Gasteiger partial charge in [0, 0.05) is 6.92 Å². The maximum atomic E-state index is 12.2. The van der Waals surface area contributed by atoms with Crippen molar-refractivity contribution in [2.24, 2.45) is 0 Å². The van der Waals surface area contributed by atoms with Crippen LogP contribution in [-0.4, -0.2) is 65.1 Å². The van der Waals surface area contributed by atoms with Crippen molar-refractivity contribution >= 4 is 25.6 Å². The number of hydrogen-bond acceptors (Lipinski definition) is 7. The van der Waals surface area contributed by atoms with Crippen LogP contribution < -0.4 is 0 Å². The van der Waals surface area contributed by atoms with Gasteiger partial charge < -0.3 is 9.47 Å². The van der Waals surface area contributed by atoms with Crippen molar-refractivity contribution in [2.75, 3.05) is 36.2 Å². The average molecular weight is 443 g/mol. The maximum absolute atomic E-state index is 12.2. The molecule has 0 aromatic heterocycles. The van der Waals surface area contributed by atoms with Gasteiger partial charge in [0.15, 0.2) is 19.7 Å². The number of unbranched alkanes of at least 4 members (excludes halogenated alkanes) is 6. The average Bonchev–Trinajstić information content (AvgIpc) is 2.58. The summed E-state index contributed by atoms with van der Waals surface area (Å²) >= 11 is 0. The highest BCUT2D eigenvalue weighted by Crippen LogP contribution is 2.08. The van der Waals surface area contributed by atoms with Gasteiger partial charge in [0.2, 0.25) is 0 Å². The second-order valence-corrected chi connectivity index (χ2v) is 11.7. The van der Waals surface area contributed by atoms with E-state index in [9.17, 15) is 21.6 Å². The highest BCUT2D eigenvalue weighted by Gasteiger charge is 2.22. The minimum atomic E-state index is -3.37. The van der Waals surface area contributed by atoms with Crippen LogP contribution in [0.5, 0.6) is 0 Å². The summed E-state index contributed by atoms with van der Waals surface area (Å²) in [5.41, 5.74) is 0. The largest absolute Gasteiger partial charge is 0.459 e. The van der Waals surface area contributed by atoms with Gasteiger partial charge in [-0.15, -0.1) is 0 Å². The molecule has 1 atom stereocenters. The van der Waals surface area contributed by atoms with Gasteiger partial charge in [-0.25, -0.2) is 16.8 Å². The molecular weight excluding hydrogens is 404 g/mol. The van der Waals surface area contributed by atoms with Crippen molar-refractivity contribution in [2.45, 2.75) is 78.2 Å². The molecule has 0 bridgehead atoms. The van der Waals surface area contributed by atoms with Crippen molar-refractivity contribution in [3.8, 4) is 0 Å². The lowest BCUT2D eigenvalue weighted by molar-refractivity contribution is -0.147. The number of sulfone groups is 2. The van der Waals surface area contributed by atoms with Crippen molar-refractivity contribution in [3.05, 3.63) is 0 Å². The molecule has 0 radical (unpaired) electrons. The van der Waals surface area contributed by atoms with E-state index in [2.05, 4.69) is 6.92 Å². The number of ether oxygens (including phenoxy) is 2. The Bertz CT molecular complexity index is 612.